The van der Waals surface area contributed by atoms with Crippen molar-refractivity contribution in [3.05, 3.63) is 11.9 Å². The third-order valence-corrected chi connectivity index (χ3v) is 2.40. The molecule has 1 N–H and O–H groups in total. The Morgan fingerprint density at radius 1 is 1.41 bits per heavy atom. The molecule has 1 heterocycles. The van der Waals surface area contributed by atoms with Crippen molar-refractivity contribution in [1.29, 1.82) is 5.26 Å². The zero-order valence-corrected chi connectivity index (χ0v) is 10.7. The van der Waals surface area contributed by atoms with E-state index in [1.807, 2.05) is 13.1 Å². The summed E-state index contributed by atoms with van der Waals surface area (Å²) >= 11 is 0. The van der Waals surface area contributed by atoms with Gasteiger partial charge in [0, 0.05) is 19.7 Å². The molecule has 0 aliphatic heterocycles. The standard InChI is InChI=1S/C12H19N5/c1-4-5-6-7-14-11-8-12(17(3)9-13)16-10(2)15-11/h8H,4-7H2,1-3H3,(H,14,15,16). The number of hydrogen-bond donors (Lipinski definition) is 1. The van der Waals surface area contributed by atoms with Gasteiger partial charge in [-0.2, -0.15) is 5.26 Å². The molecule has 17 heavy (non-hydrogen) atoms. The highest BCUT2D eigenvalue weighted by Gasteiger charge is 2.05. The summed E-state index contributed by atoms with van der Waals surface area (Å²) in [5, 5.41) is 12.1. The second-order valence-corrected chi connectivity index (χ2v) is 3.95. The SMILES string of the molecule is CCCCCNc1cc(N(C)C#N)nc(C)n1. The number of nitriles is 1. The van der Waals surface area contributed by atoms with E-state index in [9.17, 15) is 0 Å². The summed E-state index contributed by atoms with van der Waals surface area (Å²) in [7, 11) is 1.68. The molecule has 0 saturated carbocycles. The largest absolute Gasteiger partial charge is 0.370 e. The molecule has 5 nitrogen and oxygen atoms in total. The molecule has 0 amide bonds. The summed E-state index contributed by atoms with van der Waals surface area (Å²) in [5.41, 5.74) is 0. The molecule has 92 valence electrons. The van der Waals surface area contributed by atoms with E-state index in [0.717, 1.165) is 18.8 Å². The topological polar surface area (TPSA) is 64.8 Å². The summed E-state index contributed by atoms with van der Waals surface area (Å²) in [6.45, 7) is 4.90. The molecule has 0 atom stereocenters. The van der Waals surface area contributed by atoms with E-state index < -0.39 is 0 Å². The molecule has 0 aliphatic rings. The van der Waals surface area contributed by atoms with Crippen molar-refractivity contribution >= 4 is 11.6 Å². The minimum atomic E-state index is 0.623. The average Bonchev–Trinajstić information content (AvgIpc) is 2.33. The zero-order valence-electron chi connectivity index (χ0n) is 10.7. The van der Waals surface area contributed by atoms with Gasteiger partial charge in [0.2, 0.25) is 0 Å². The second kappa shape index (κ2) is 6.69. The Morgan fingerprint density at radius 2 is 2.18 bits per heavy atom. The van der Waals surface area contributed by atoms with Crippen molar-refractivity contribution in [3.63, 3.8) is 0 Å². The zero-order chi connectivity index (χ0) is 12.7. The summed E-state index contributed by atoms with van der Waals surface area (Å²) in [6.07, 6.45) is 5.57. The van der Waals surface area contributed by atoms with Crippen LogP contribution in [0.3, 0.4) is 0 Å². The van der Waals surface area contributed by atoms with E-state index in [2.05, 4.69) is 22.2 Å². The average molecular weight is 233 g/mol. The number of unbranched alkanes of at least 4 members (excludes halogenated alkanes) is 2. The van der Waals surface area contributed by atoms with Gasteiger partial charge in [0.1, 0.15) is 17.5 Å². The molecule has 0 fully saturated rings. The lowest BCUT2D eigenvalue weighted by Gasteiger charge is -2.11. The van der Waals surface area contributed by atoms with Crippen molar-refractivity contribution < 1.29 is 0 Å². The maximum atomic E-state index is 8.81. The number of nitrogens with zero attached hydrogens (tertiary/aromatic N) is 4. The summed E-state index contributed by atoms with van der Waals surface area (Å²) in [6, 6.07) is 1.79. The van der Waals surface area contributed by atoms with Gasteiger partial charge in [0.25, 0.3) is 0 Å². The molecule has 0 aliphatic carbocycles. The smallest absolute Gasteiger partial charge is 0.185 e. The molecule has 0 bridgehead atoms. The van der Waals surface area contributed by atoms with Crippen molar-refractivity contribution in [2.75, 3.05) is 23.8 Å². The Kier molecular flexibility index (Phi) is 5.21. The third-order valence-electron chi connectivity index (χ3n) is 2.40. The molecule has 0 unspecified atom stereocenters. The lowest BCUT2D eigenvalue weighted by Crippen LogP contribution is -2.13. The predicted octanol–water partition coefficient (Wildman–Crippen LogP) is 2.30. The van der Waals surface area contributed by atoms with Crippen LogP contribution in [0, 0.1) is 18.4 Å². The van der Waals surface area contributed by atoms with Crippen LogP contribution in [0.1, 0.15) is 32.0 Å². The monoisotopic (exact) mass is 233 g/mol. The Morgan fingerprint density at radius 3 is 2.82 bits per heavy atom. The number of anilines is 2. The van der Waals surface area contributed by atoms with Gasteiger partial charge in [0.15, 0.2) is 6.19 Å². The first-order valence-electron chi connectivity index (χ1n) is 5.90. The summed E-state index contributed by atoms with van der Waals surface area (Å²) < 4.78 is 0. The van der Waals surface area contributed by atoms with Crippen LogP contribution in [-0.4, -0.2) is 23.6 Å². The molecule has 1 aromatic rings. The van der Waals surface area contributed by atoms with Gasteiger partial charge in [-0.1, -0.05) is 19.8 Å². The van der Waals surface area contributed by atoms with Crippen LogP contribution in [0.4, 0.5) is 11.6 Å². The van der Waals surface area contributed by atoms with Crippen molar-refractivity contribution in [1.82, 2.24) is 9.97 Å². The predicted molar refractivity (Wildman–Crippen MR) is 68.8 cm³/mol. The van der Waals surface area contributed by atoms with Crippen LogP contribution in [0.15, 0.2) is 6.07 Å². The lowest BCUT2D eigenvalue weighted by molar-refractivity contribution is 0.741. The molecule has 1 rings (SSSR count). The maximum Gasteiger partial charge on any atom is 0.185 e. The van der Waals surface area contributed by atoms with Gasteiger partial charge < -0.3 is 5.32 Å². The molecule has 0 spiro atoms. The van der Waals surface area contributed by atoms with Crippen molar-refractivity contribution in [3.8, 4) is 6.19 Å². The molecule has 0 saturated heterocycles. The Labute approximate surface area is 102 Å². The fraction of sp³-hybridized carbons (Fsp3) is 0.583. The van der Waals surface area contributed by atoms with Crippen LogP contribution in [0.25, 0.3) is 0 Å². The molecular formula is C12H19N5. The third kappa shape index (κ3) is 4.27. The van der Waals surface area contributed by atoms with E-state index >= 15 is 0 Å². The fourth-order valence-electron chi connectivity index (χ4n) is 1.46. The Bertz CT molecular complexity index is 396. The van der Waals surface area contributed by atoms with Gasteiger partial charge in [-0.05, 0) is 13.3 Å². The summed E-state index contributed by atoms with van der Waals surface area (Å²) in [4.78, 5) is 9.91. The van der Waals surface area contributed by atoms with E-state index in [-0.39, 0.29) is 0 Å². The highest BCUT2D eigenvalue weighted by atomic mass is 15.2. The molecule has 1 aromatic heterocycles. The highest BCUT2D eigenvalue weighted by Crippen LogP contribution is 2.14. The van der Waals surface area contributed by atoms with Gasteiger partial charge in [-0.15, -0.1) is 0 Å². The van der Waals surface area contributed by atoms with Gasteiger partial charge in [0.05, 0.1) is 0 Å². The van der Waals surface area contributed by atoms with Crippen LogP contribution in [0.5, 0.6) is 0 Å². The Hall–Kier alpha value is -1.83. The van der Waals surface area contributed by atoms with Crippen LogP contribution < -0.4 is 10.2 Å². The first-order valence-corrected chi connectivity index (χ1v) is 5.90. The van der Waals surface area contributed by atoms with Crippen LogP contribution >= 0.6 is 0 Å². The molecule has 0 aromatic carbocycles. The number of nitrogens with one attached hydrogen (secondary N) is 1. The van der Waals surface area contributed by atoms with Gasteiger partial charge >= 0.3 is 0 Å². The quantitative estimate of drug-likeness (QED) is 0.464. The lowest BCUT2D eigenvalue weighted by atomic mass is 10.2. The normalized spacial score (nSPS) is 9.76. The number of rotatable bonds is 6. The minimum Gasteiger partial charge on any atom is -0.370 e. The van der Waals surface area contributed by atoms with Crippen LogP contribution in [0.2, 0.25) is 0 Å². The van der Waals surface area contributed by atoms with Gasteiger partial charge in [-0.3, -0.25) is 4.90 Å². The van der Waals surface area contributed by atoms with Crippen molar-refractivity contribution in [2.45, 2.75) is 33.1 Å². The molecule has 5 heteroatoms. The number of aryl methyl sites for hydroxylation is 1. The van der Waals surface area contributed by atoms with E-state index in [1.165, 1.54) is 17.7 Å². The first kappa shape index (κ1) is 13.2. The first-order chi connectivity index (χ1) is 8.17. The van der Waals surface area contributed by atoms with Gasteiger partial charge in [-0.25, -0.2) is 9.97 Å². The maximum absolute atomic E-state index is 8.81. The molecular weight excluding hydrogens is 214 g/mol. The Balaban J connectivity index is 2.66. The van der Waals surface area contributed by atoms with E-state index in [0.29, 0.717) is 11.6 Å². The fourth-order valence-corrected chi connectivity index (χ4v) is 1.46. The van der Waals surface area contributed by atoms with E-state index in [1.54, 1.807) is 13.1 Å². The van der Waals surface area contributed by atoms with E-state index in [4.69, 9.17) is 5.26 Å². The highest BCUT2D eigenvalue weighted by molar-refractivity contribution is 5.51. The minimum absolute atomic E-state index is 0.623. The van der Waals surface area contributed by atoms with Crippen molar-refractivity contribution in [2.24, 2.45) is 0 Å². The summed E-state index contributed by atoms with van der Waals surface area (Å²) in [5.74, 6) is 2.08. The number of aromatic nitrogens is 2. The second-order valence-electron chi connectivity index (χ2n) is 3.95. The number of hydrogen-bond acceptors (Lipinski definition) is 5. The molecule has 0 radical (unpaired) electrons. The van der Waals surface area contributed by atoms with Crippen LogP contribution in [-0.2, 0) is 0 Å².